The molecule has 0 bridgehead atoms. The molecule has 7 nitrogen and oxygen atoms in total. The number of hydrogen-bond acceptors (Lipinski definition) is 7. The molecule has 0 amide bonds. The number of ether oxygens (including phenoxy) is 6. The molecule has 0 saturated carbocycles. The van der Waals surface area contributed by atoms with Gasteiger partial charge in [0.05, 0.1) is 20.1 Å². The molecular weight excluding hydrogens is 455 g/mol. The van der Waals surface area contributed by atoms with E-state index in [-0.39, 0.29) is 30.9 Å². The maximum atomic E-state index is 14.9. The summed E-state index contributed by atoms with van der Waals surface area (Å²) in [4.78, 5) is 11.7. The molecular formula is C27H23FO7. The van der Waals surface area contributed by atoms with Crippen LogP contribution in [-0.2, 0) is 16.0 Å². The third-order valence-electron chi connectivity index (χ3n) is 6.60. The summed E-state index contributed by atoms with van der Waals surface area (Å²) in [7, 11) is 1.38. The number of hydrogen-bond donors (Lipinski definition) is 0. The summed E-state index contributed by atoms with van der Waals surface area (Å²) in [6, 6.07) is 13.9. The molecule has 6 rings (SSSR count). The van der Waals surface area contributed by atoms with Crippen molar-refractivity contribution >= 4 is 5.97 Å². The lowest BCUT2D eigenvalue weighted by atomic mass is 9.98. The second-order valence-corrected chi connectivity index (χ2v) is 8.69. The van der Waals surface area contributed by atoms with Crippen LogP contribution in [0.5, 0.6) is 34.5 Å². The second-order valence-electron chi connectivity index (χ2n) is 8.69. The molecule has 0 N–H and O–H groups in total. The Bertz CT molecular complexity index is 1300. The van der Waals surface area contributed by atoms with Gasteiger partial charge in [0.1, 0.15) is 34.9 Å². The topological polar surface area (TPSA) is 72.5 Å². The van der Waals surface area contributed by atoms with Gasteiger partial charge >= 0.3 is 5.97 Å². The van der Waals surface area contributed by atoms with Crippen molar-refractivity contribution in [3.05, 3.63) is 71.0 Å². The van der Waals surface area contributed by atoms with Crippen LogP contribution >= 0.6 is 0 Å². The number of esters is 1. The van der Waals surface area contributed by atoms with E-state index in [9.17, 15) is 9.18 Å². The third kappa shape index (κ3) is 3.99. The van der Waals surface area contributed by atoms with Crippen molar-refractivity contribution in [2.75, 3.05) is 20.5 Å². The van der Waals surface area contributed by atoms with Crippen LogP contribution < -0.4 is 23.7 Å². The van der Waals surface area contributed by atoms with Gasteiger partial charge in [0, 0.05) is 34.7 Å². The Morgan fingerprint density at radius 2 is 1.83 bits per heavy atom. The van der Waals surface area contributed by atoms with Gasteiger partial charge in [-0.25, -0.2) is 4.39 Å². The predicted octanol–water partition coefficient (Wildman–Crippen LogP) is 5.45. The summed E-state index contributed by atoms with van der Waals surface area (Å²) < 4.78 is 48.5. The van der Waals surface area contributed by atoms with E-state index >= 15 is 0 Å². The van der Waals surface area contributed by atoms with Crippen LogP contribution in [0.1, 0.15) is 41.6 Å². The van der Waals surface area contributed by atoms with Crippen molar-refractivity contribution in [3.63, 3.8) is 0 Å². The molecule has 3 aromatic carbocycles. The van der Waals surface area contributed by atoms with E-state index in [4.69, 9.17) is 28.4 Å². The van der Waals surface area contributed by atoms with Crippen LogP contribution in [0.2, 0.25) is 0 Å². The van der Waals surface area contributed by atoms with Crippen molar-refractivity contribution in [1.29, 1.82) is 0 Å². The number of fused-ring (bicyclic) bond motifs is 3. The first-order chi connectivity index (χ1) is 17.1. The van der Waals surface area contributed by atoms with Crippen LogP contribution in [0.15, 0.2) is 48.5 Å². The Labute approximate surface area is 201 Å². The van der Waals surface area contributed by atoms with Crippen molar-refractivity contribution in [2.24, 2.45) is 0 Å². The molecule has 3 aliphatic rings. The average molecular weight is 478 g/mol. The highest BCUT2D eigenvalue weighted by atomic mass is 19.1. The van der Waals surface area contributed by atoms with Gasteiger partial charge in [-0.15, -0.1) is 0 Å². The molecule has 1 aliphatic carbocycles. The van der Waals surface area contributed by atoms with Gasteiger partial charge in [0.15, 0.2) is 11.5 Å². The summed E-state index contributed by atoms with van der Waals surface area (Å²) in [6.45, 7) is 0.596. The highest BCUT2D eigenvalue weighted by Gasteiger charge is 2.32. The number of carbonyl (C=O) groups is 1. The van der Waals surface area contributed by atoms with Crippen LogP contribution in [-0.4, -0.2) is 26.5 Å². The van der Waals surface area contributed by atoms with E-state index in [0.29, 0.717) is 59.5 Å². The minimum Gasteiger partial charge on any atom is -0.492 e. The van der Waals surface area contributed by atoms with Crippen molar-refractivity contribution in [3.8, 4) is 34.5 Å². The van der Waals surface area contributed by atoms with Gasteiger partial charge in [0.2, 0.25) is 6.79 Å². The highest BCUT2D eigenvalue weighted by Crippen LogP contribution is 2.45. The number of methoxy groups -OCH3 is 1. The lowest BCUT2D eigenvalue weighted by Gasteiger charge is -2.17. The third-order valence-corrected chi connectivity index (χ3v) is 6.60. The molecule has 2 atom stereocenters. The molecule has 35 heavy (non-hydrogen) atoms. The van der Waals surface area contributed by atoms with Gasteiger partial charge in [-0.3, -0.25) is 4.79 Å². The summed E-state index contributed by atoms with van der Waals surface area (Å²) in [5.41, 5.74) is 2.25. The van der Waals surface area contributed by atoms with Gasteiger partial charge in [-0.1, -0.05) is 6.07 Å². The quantitative estimate of drug-likeness (QED) is 0.436. The van der Waals surface area contributed by atoms with Crippen molar-refractivity contribution in [1.82, 2.24) is 0 Å². The number of carbonyl (C=O) groups excluding carboxylic acids is 1. The zero-order valence-electron chi connectivity index (χ0n) is 19.0. The summed E-state index contributed by atoms with van der Waals surface area (Å²) in [5, 5.41) is 0. The second kappa shape index (κ2) is 8.69. The van der Waals surface area contributed by atoms with Crippen LogP contribution in [0, 0.1) is 5.82 Å². The van der Waals surface area contributed by atoms with Crippen LogP contribution in [0.25, 0.3) is 0 Å². The molecule has 180 valence electrons. The maximum absolute atomic E-state index is 14.9. The number of benzene rings is 3. The monoisotopic (exact) mass is 478 g/mol. The molecule has 8 heteroatoms. The SMILES string of the molecule is COC(=O)CC1COc2cc(O[C@@H]3CCc4c(Oc5ccc6c(c5)OCO6)ccc(F)c43)ccc21. The molecule has 0 saturated heterocycles. The Kier molecular flexibility index (Phi) is 5.36. The number of halogens is 1. The first-order valence-electron chi connectivity index (χ1n) is 11.5. The first kappa shape index (κ1) is 21.6. The molecule has 0 radical (unpaired) electrons. The Balaban J connectivity index is 1.21. The average Bonchev–Trinajstić information content (AvgIpc) is 3.60. The molecule has 2 heterocycles. The molecule has 0 fully saturated rings. The molecule has 2 aliphatic heterocycles. The van der Waals surface area contributed by atoms with Crippen molar-refractivity contribution in [2.45, 2.75) is 31.3 Å². The fraction of sp³-hybridized carbons (Fsp3) is 0.296. The summed E-state index contributed by atoms with van der Waals surface area (Å²) >= 11 is 0. The molecule has 0 aromatic heterocycles. The Morgan fingerprint density at radius 3 is 2.71 bits per heavy atom. The maximum Gasteiger partial charge on any atom is 0.306 e. The number of rotatable bonds is 6. The minimum absolute atomic E-state index is 0.0490. The molecule has 0 spiro atoms. The largest absolute Gasteiger partial charge is 0.492 e. The zero-order valence-corrected chi connectivity index (χ0v) is 19.0. The standard InChI is InChI=1S/C27H23FO7/c1-30-26(29)10-15-13-31-24-11-16(2-4-18(15)24)35-23-8-5-19-21(9-6-20(28)27(19)23)34-17-3-7-22-25(12-17)33-14-32-22/h2-4,6-7,9,11-12,15,23H,5,8,10,13-14H2,1H3/t15?,23-/m1/s1. The fourth-order valence-electron chi connectivity index (χ4n) is 4.87. The Hall–Kier alpha value is -3.94. The van der Waals surface area contributed by atoms with E-state index in [1.54, 1.807) is 30.3 Å². The molecule has 3 aromatic rings. The van der Waals surface area contributed by atoms with Gasteiger partial charge in [-0.05, 0) is 43.2 Å². The highest BCUT2D eigenvalue weighted by molar-refractivity contribution is 5.71. The van der Waals surface area contributed by atoms with E-state index in [0.717, 1.165) is 11.1 Å². The van der Waals surface area contributed by atoms with Gasteiger partial charge < -0.3 is 28.4 Å². The van der Waals surface area contributed by atoms with Crippen molar-refractivity contribution < 1.29 is 37.6 Å². The summed E-state index contributed by atoms with van der Waals surface area (Å²) in [5.74, 6) is 3.09. The van der Waals surface area contributed by atoms with Gasteiger partial charge in [0.25, 0.3) is 0 Å². The lowest BCUT2D eigenvalue weighted by Crippen LogP contribution is -2.09. The fourth-order valence-corrected chi connectivity index (χ4v) is 4.87. The van der Waals surface area contributed by atoms with E-state index in [1.807, 2.05) is 12.1 Å². The predicted molar refractivity (Wildman–Crippen MR) is 122 cm³/mol. The minimum atomic E-state index is -0.448. The van der Waals surface area contributed by atoms with E-state index in [2.05, 4.69) is 0 Å². The smallest absolute Gasteiger partial charge is 0.306 e. The zero-order chi connectivity index (χ0) is 23.9. The summed E-state index contributed by atoms with van der Waals surface area (Å²) in [6.07, 6.45) is 1.06. The van der Waals surface area contributed by atoms with Gasteiger partial charge in [-0.2, -0.15) is 0 Å². The normalized spacial score (nSPS) is 19.0. The van der Waals surface area contributed by atoms with Crippen LogP contribution in [0.3, 0.4) is 0 Å². The van der Waals surface area contributed by atoms with Crippen LogP contribution in [0.4, 0.5) is 4.39 Å². The van der Waals surface area contributed by atoms with E-state index in [1.165, 1.54) is 13.2 Å². The Morgan fingerprint density at radius 1 is 1.00 bits per heavy atom. The lowest BCUT2D eigenvalue weighted by molar-refractivity contribution is -0.141. The van der Waals surface area contributed by atoms with E-state index < -0.39 is 6.10 Å². The first-order valence-corrected chi connectivity index (χ1v) is 11.5. The molecule has 1 unspecified atom stereocenters.